The molecule has 0 aliphatic carbocycles. The van der Waals surface area contributed by atoms with E-state index < -0.39 is 23.4 Å². The molecule has 4 rings (SSSR count). The van der Waals surface area contributed by atoms with Crippen LogP contribution in [0.3, 0.4) is 0 Å². The molecule has 0 amide bonds. The Morgan fingerprint density at radius 3 is 2.54 bits per heavy atom. The first-order valence-corrected chi connectivity index (χ1v) is 13.9. The molecule has 0 bridgehead atoms. The molecule has 3 aromatic heterocycles. The highest BCUT2D eigenvalue weighted by atomic mass is 32.1. The van der Waals surface area contributed by atoms with Crippen LogP contribution in [-0.2, 0) is 12.7 Å². The van der Waals surface area contributed by atoms with Crippen molar-refractivity contribution in [2.24, 2.45) is 0 Å². The molecule has 0 saturated carbocycles. The predicted octanol–water partition coefficient (Wildman–Crippen LogP) is 6.52. The van der Waals surface area contributed by atoms with Crippen LogP contribution in [0, 0.1) is 5.82 Å². The summed E-state index contributed by atoms with van der Waals surface area (Å²) in [5.41, 5.74) is -0.422. The second-order valence-electron chi connectivity index (χ2n) is 9.50. The van der Waals surface area contributed by atoms with Crippen molar-refractivity contribution in [3.8, 4) is 17.1 Å². The van der Waals surface area contributed by atoms with Crippen LogP contribution < -0.4 is 15.0 Å². The van der Waals surface area contributed by atoms with Crippen LogP contribution in [-0.4, -0.2) is 57.6 Å². The number of alkyl halides is 3. The van der Waals surface area contributed by atoms with Crippen LogP contribution in [0.1, 0.15) is 56.9 Å². The monoisotopic (exact) mass is 567 g/mol. The van der Waals surface area contributed by atoms with Gasteiger partial charge in [0.25, 0.3) is 0 Å². The van der Waals surface area contributed by atoms with Crippen molar-refractivity contribution in [2.75, 3.05) is 37.0 Å². The third-order valence-corrected chi connectivity index (χ3v) is 7.60. The second-order valence-corrected chi connectivity index (χ2v) is 10.6. The minimum absolute atomic E-state index is 0.0394. The Bertz CT molecular complexity index is 1260. The van der Waals surface area contributed by atoms with Crippen molar-refractivity contribution in [1.29, 1.82) is 0 Å². The zero-order valence-corrected chi connectivity index (χ0v) is 23.3. The van der Waals surface area contributed by atoms with Gasteiger partial charge in [0.1, 0.15) is 11.9 Å². The van der Waals surface area contributed by atoms with Crippen LogP contribution in [0.4, 0.5) is 34.3 Å². The number of anilines is 3. The number of methoxy groups -OCH3 is 1. The Morgan fingerprint density at radius 1 is 1.18 bits per heavy atom. The molecule has 1 fully saturated rings. The van der Waals surface area contributed by atoms with Crippen LogP contribution in [0.25, 0.3) is 11.3 Å². The number of nitrogens with zero attached hydrogens (tertiary/aromatic N) is 6. The van der Waals surface area contributed by atoms with E-state index in [2.05, 4.69) is 37.1 Å². The average Bonchev–Trinajstić information content (AvgIpc) is 3.50. The molecule has 0 aromatic carbocycles. The van der Waals surface area contributed by atoms with Gasteiger partial charge in [-0.1, -0.05) is 25.2 Å². The number of ether oxygens (including phenoxy) is 1. The first-order chi connectivity index (χ1) is 18.7. The molecule has 39 heavy (non-hydrogen) atoms. The van der Waals surface area contributed by atoms with Crippen molar-refractivity contribution in [1.82, 2.24) is 24.8 Å². The van der Waals surface area contributed by atoms with Crippen LogP contribution in [0.15, 0.2) is 18.6 Å². The minimum atomic E-state index is -4.65. The number of aromatic nitrogens is 4. The maximum Gasteiger partial charge on any atom is 0.421 e. The van der Waals surface area contributed by atoms with Crippen molar-refractivity contribution in [3.63, 3.8) is 0 Å². The highest BCUT2D eigenvalue weighted by molar-refractivity contribution is 7.16. The van der Waals surface area contributed by atoms with E-state index in [1.807, 2.05) is 18.7 Å². The molecular weight excluding hydrogens is 534 g/mol. The molecule has 3 aromatic rings. The minimum Gasteiger partial charge on any atom is -0.481 e. The van der Waals surface area contributed by atoms with Gasteiger partial charge in [-0.15, -0.1) is 0 Å². The number of nitrogens with one attached hydrogen (secondary N) is 1. The topological polar surface area (TPSA) is 79.3 Å². The fraction of sp³-hybridized carbons (Fsp3) is 0.538. The summed E-state index contributed by atoms with van der Waals surface area (Å²) in [6, 6.07) is 1.33. The first-order valence-electron chi connectivity index (χ1n) is 13.0. The lowest BCUT2D eigenvalue weighted by Crippen LogP contribution is -2.27. The van der Waals surface area contributed by atoms with E-state index >= 15 is 4.39 Å². The van der Waals surface area contributed by atoms with E-state index in [-0.39, 0.29) is 17.2 Å². The van der Waals surface area contributed by atoms with E-state index in [1.165, 1.54) is 23.9 Å². The molecule has 1 aliphatic rings. The summed E-state index contributed by atoms with van der Waals surface area (Å²) in [6.07, 6.45) is 1.71. The number of pyridine rings is 1. The summed E-state index contributed by atoms with van der Waals surface area (Å²) >= 11 is 1.26. The molecule has 1 atom stereocenters. The molecule has 1 saturated heterocycles. The van der Waals surface area contributed by atoms with Gasteiger partial charge in [0.15, 0.2) is 16.8 Å². The third-order valence-electron chi connectivity index (χ3n) is 6.64. The maximum atomic E-state index is 15.5. The number of rotatable bonds is 11. The van der Waals surface area contributed by atoms with Gasteiger partial charge < -0.3 is 15.0 Å². The smallest absolute Gasteiger partial charge is 0.421 e. The summed E-state index contributed by atoms with van der Waals surface area (Å²) in [6.45, 7) is 8.82. The third kappa shape index (κ3) is 6.57. The van der Waals surface area contributed by atoms with E-state index in [1.54, 1.807) is 0 Å². The van der Waals surface area contributed by atoms with Crippen molar-refractivity contribution >= 4 is 28.1 Å². The molecule has 0 spiro atoms. The Hall–Kier alpha value is -3.06. The maximum absolute atomic E-state index is 15.5. The number of hydrogen-bond donors (Lipinski definition) is 1. The Balaban J connectivity index is 1.73. The highest BCUT2D eigenvalue weighted by Gasteiger charge is 2.36. The van der Waals surface area contributed by atoms with Gasteiger partial charge in [0.2, 0.25) is 11.7 Å². The van der Waals surface area contributed by atoms with Gasteiger partial charge in [-0.2, -0.15) is 17.6 Å². The lowest BCUT2D eigenvalue weighted by molar-refractivity contribution is -0.139. The van der Waals surface area contributed by atoms with Gasteiger partial charge in [-0.05, 0) is 45.2 Å². The zero-order valence-electron chi connectivity index (χ0n) is 22.5. The SMILES string of the molecule is CCCN(CCC)c1ncnc(Nc2nc(-c3cnc(OC)c(C(F)(F)F)c3)c(CN3CCCC3C)s2)c1F. The van der Waals surface area contributed by atoms with Crippen LogP contribution in [0.2, 0.25) is 0 Å². The number of hydrogen-bond acceptors (Lipinski definition) is 9. The molecule has 0 radical (unpaired) electrons. The molecule has 1 N–H and O–H groups in total. The lowest BCUT2D eigenvalue weighted by Gasteiger charge is -2.23. The number of likely N-dealkylation sites (tertiary alicyclic amines) is 1. The van der Waals surface area contributed by atoms with Crippen LogP contribution >= 0.6 is 11.3 Å². The van der Waals surface area contributed by atoms with Crippen LogP contribution in [0.5, 0.6) is 5.88 Å². The molecular formula is C26H33F4N7OS. The quantitative estimate of drug-likeness (QED) is 0.263. The zero-order chi connectivity index (χ0) is 28.2. The van der Waals surface area contributed by atoms with Gasteiger partial charge in [-0.3, -0.25) is 4.90 Å². The molecule has 8 nitrogen and oxygen atoms in total. The highest BCUT2D eigenvalue weighted by Crippen LogP contribution is 2.40. The molecule has 13 heteroatoms. The second kappa shape index (κ2) is 12.4. The van der Waals surface area contributed by atoms with Gasteiger partial charge in [-0.25, -0.2) is 19.9 Å². The van der Waals surface area contributed by atoms with Crippen molar-refractivity contribution < 1.29 is 22.3 Å². The summed E-state index contributed by atoms with van der Waals surface area (Å²) in [5, 5.41) is 3.27. The van der Waals surface area contributed by atoms with E-state index in [9.17, 15) is 13.2 Å². The summed E-state index contributed by atoms with van der Waals surface area (Å²) in [4.78, 5) is 21.6. The lowest BCUT2D eigenvalue weighted by atomic mass is 10.1. The fourth-order valence-corrected chi connectivity index (χ4v) is 5.74. The molecule has 1 unspecified atom stereocenters. The van der Waals surface area contributed by atoms with Crippen molar-refractivity contribution in [2.45, 2.75) is 65.2 Å². The normalized spacial score (nSPS) is 16.1. The number of thiazole rings is 1. The standard InChI is InChI=1S/C26H33F4N7OS/c1-5-9-36(10-6-2)23-20(27)22(32-15-33-23)35-25-34-21(19(39-25)14-37-11-7-8-16(37)3)17-12-18(26(28,29)30)24(38-4)31-13-17/h12-13,15-16H,5-11,14H2,1-4H3,(H,32,33,34,35). The predicted molar refractivity (Wildman–Crippen MR) is 144 cm³/mol. The average molecular weight is 568 g/mol. The van der Waals surface area contributed by atoms with E-state index in [4.69, 9.17) is 4.74 Å². The summed E-state index contributed by atoms with van der Waals surface area (Å²) < 4.78 is 61.6. The fourth-order valence-electron chi connectivity index (χ4n) is 4.73. The summed E-state index contributed by atoms with van der Waals surface area (Å²) in [7, 11) is 1.15. The Morgan fingerprint density at radius 2 is 1.92 bits per heavy atom. The largest absolute Gasteiger partial charge is 0.481 e. The van der Waals surface area contributed by atoms with E-state index in [0.717, 1.165) is 50.3 Å². The van der Waals surface area contributed by atoms with Gasteiger partial charge in [0, 0.05) is 42.3 Å². The van der Waals surface area contributed by atoms with Crippen molar-refractivity contribution in [3.05, 3.63) is 34.8 Å². The first kappa shape index (κ1) is 28.9. The Labute approximate surface area is 229 Å². The molecule has 212 valence electrons. The van der Waals surface area contributed by atoms with Gasteiger partial charge in [0.05, 0.1) is 12.8 Å². The molecule has 1 aliphatic heterocycles. The number of halogens is 4. The molecule has 4 heterocycles. The van der Waals surface area contributed by atoms with Gasteiger partial charge >= 0.3 is 6.18 Å². The van der Waals surface area contributed by atoms with E-state index in [0.29, 0.717) is 36.5 Å². The Kier molecular flexibility index (Phi) is 9.21. The summed E-state index contributed by atoms with van der Waals surface area (Å²) in [5.74, 6) is -0.944.